The van der Waals surface area contributed by atoms with Crippen molar-refractivity contribution in [3.8, 4) is 11.5 Å². The van der Waals surface area contributed by atoms with Gasteiger partial charge in [0.1, 0.15) is 18.1 Å². The lowest BCUT2D eigenvalue weighted by Gasteiger charge is -2.04. The van der Waals surface area contributed by atoms with Crippen molar-refractivity contribution < 1.29 is 9.84 Å². The van der Waals surface area contributed by atoms with Crippen LogP contribution in [0.1, 0.15) is 5.56 Å². The van der Waals surface area contributed by atoms with Crippen LogP contribution >= 0.6 is 11.3 Å². The summed E-state index contributed by atoms with van der Waals surface area (Å²) in [6.45, 7) is 0.510. The summed E-state index contributed by atoms with van der Waals surface area (Å²) < 4.78 is 6.74. The third-order valence-corrected chi connectivity index (χ3v) is 3.66. The van der Waals surface area contributed by atoms with Crippen molar-refractivity contribution in [2.24, 2.45) is 0 Å². The molecule has 4 heteroatoms. The van der Waals surface area contributed by atoms with E-state index in [1.807, 2.05) is 18.2 Å². The van der Waals surface area contributed by atoms with Crippen LogP contribution in [0.3, 0.4) is 0 Å². The van der Waals surface area contributed by atoms with Crippen LogP contribution in [0, 0.1) is 0 Å². The lowest BCUT2D eigenvalue weighted by Crippen LogP contribution is -1.94. The van der Waals surface area contributed by atoms with Crippen molar-refractivity contribution in [2.45, 2.75) is 6.61 Å². The first-order valence-corrected chi connectivity index (χ1v) is 6.43. The van der Waals surface area contributed by atoms with Crippen LogP contribution in [0.4, 0.5) is 0 Å². The Morgan fingerprint density at radius 2 is 2.22 bits per heavy atom. The summed E-state index contributed by atoms with van der Waals surface area (Å²) in [7, 11) is 0. The second-order valence-electron chi connectivity index (χ2n) is 3.92. The molecule has 90 valence electrons. The lowest BCUT2D eigenvalue weighted by atomic mass is 10.2. The summed E-state index contributed by atoms with van der Waals surface area (Å²) >= 11 is 1.61. The average molecular weight is 257 g/mol. The quantitative estimate of drug-likeness (QED) is 0.779. The average Bonchev–Trinajstić information content (AvgIpc) is 2.80. The molecule has 0 aliphatic rings. The van der Waals surface area contributed by atoms with E-state index in [0.717, 1.165) is 21.4 Å². The number of thiophene rings is 1. The molecule has 0 unspecified atom stereocenters. The SMILES string of the molecule is Oc1ccc2c(COc3cccnc3)csc2c1. The molecule has 3 nitrogen and oxygen atoms in total. The van der Waals surface area contributed by atoms with Crippen LogP contribution < -0.4 is 4.74 Å². The Morgan fingerprint density at radius 3 is 3.06 bits per heavy atom. The van der Waals surface area contributed by atoms with Gasteiger partial charge < -0.3 is 9.84 Å². The number of rotatable bonds is 3. The molecule has 0 saturated carbocycles. The van der Waals surface area contributed by atoms with E-state index in [1.165, 1.54) is 0 Å². The van der Waals surface area contributed by atoms with Crippen molar-refractivity contribution in [3.05, 3.63) is 53.7 Å². The first kappa shape index (κ1) is 11.0. The molecular formula is C14H11NO2S. The molecule has 0 atom stereocenters. The highest BCUT2D eigenvalue weighted by molar-refractivity contribution is 7.17. The van der Waals surface area contributed by atoms with E-state index in [9.17, 15) is 5.11 Å². The third-order valence-electron chi connectivity index (χ3n) is 2.67. The van der Waals surface area contributed by atoms with Gasteiger partial charge in [-0.05, 0) is 41.1 Å². The standard InChI is InChI=1S/C14H11NO2S/c16-11-3-4-13-10(9-18-14(13)6-11)8-17-12-2-1-5-15-7-12/h1-7,9,16H,8H2. The minimum Gasteiger partial charge on any atom is -0.508 e. The number of nitrogens with zero attached hydrogens (tertiary/aromatic N) is 1. The molecule has 2 heterocycles. The highest BCUT2D eigenvalue weighted by Crippen LogP contribution is 2.29. The summed E-state index contributed by atoms with van der Waals surface area (Å²) in [4.78, 5) is 4.00. The number of pyridine rings is 1. The Kier molecular flexibility index (Phi) is 2.86. The molecule has 0 aliphatic carbocycles. The van der Waals surface area contributed by atoms with E-state index < -0.39 is 0 Å². The normalized spacial score (nSPS) is 10.7. The van der Waals surface area contributed by atoms with Crippen LogP contribution in [-0.4, -0.2) is 10.1 Å². The van der Waals surface area contributed by atoms with Gasteiger partial charge in [-0.25, -0.2) is 0 Å². The van der Waals surface area contributed by atoms with Crippen LogP contribution in [-0.2, 0) is 6.61 Å². The van der Waals surface area contributed by atoms with Gasteiger partial charge in [0.2, 0.25) is 0 Å². The number of phenols is 1. The Bertz CT molecular complexity index is 664. The van der Waals surface area contributed by atoms with Gasteiger partial charge in [0.25, 0.3) is 0 Å². The van der Waals surface area contributed by atoms with E-state index >= 15 is 0 Å². The summed E-state index contributed by atoms with van der Waals surface area (Å²) in [5, 5.41) is 12.6. The zero-order valence-electron chi connectivity index (χ0n) is 9.54. The number of aromatic nitrogens is 1. The summed E-state index contributed by atoms with van der Waals surface area (Å²) in [6, 6.07) is 9.12. The van der Waals surface area contributed by atoms with Gasteiger partial charge in [0.15, 0.2) is 0 Å². The minimum atomic E-state index is 0.295. The third kappa shape index (κ3) is 2.15. The van der Waals surface area contributed by atoms with E-state index in [4.69, 9.17) is 4.74 Å². The van der Waals surface area contributed by atoms with E-state index in [2.05, 4.69) is 10.4 Å². The largest absolute Gasteiger partial charge is 0.508 e. The van der Waals surface area contributed by atoms with Crippen molar-refractivity contribution >= 4 is 21.4 Å². The Morgan fingerprint density at radius 1 is 1.28 bits per heavy atom. The molecule has 0 radical (unpaired) electrons. The predicted molar refractivity (Wildman–Crippen MR) is 72.1 cm³/mol. The fraction of sp³-hybridized carbons (Fsp3) is 0.0714. The molecule has 1 N–H and O–H groups in total. The van der Waals surface area contributed by atoms with Crippen molar-refractivity contribution in [2.75, 3.05) is 0 Å². The van der Waals surface area contributed by atoms with Crippen LogP contribution in [0.15, 0.2) is 48.1 Å². The molecular weight excluding hydrogens is 246 g/mol. The van der Waals surface area contributed by atoms with E-state index in [0.29, 0.717) is 12.4 Å². The van der Waals surface area contributed by atoms with Gasteiger partial charge in [0.05, 0.1) is 6.20 Å². The topological polar surface area (TPSA) is 42.4 Å². The first-order chi connectivity index (χ1) is 8.83. The van der Waals surface area contributed by atoms with Gasteiger partial charge in [-0.2, -0.15) is 0 Å². The minimum absolute atomic E-state index is 0.295. The first-order valence-electron chi connectivity index (χ1n) is 5.55. The lowest BCUT2D eigenvalue weighted by molar-refractivity contribution is 0.307. The van der Waals surface area contributed by atoms with Crippen molar-refractivity contribution in [3.63, 3.8) is 0 Å². The van der Waals surface area contributed by atoms with Gasteiger partial charge in [0, 0.05) is 16.5 Å². The van der Waals surface area contributed by atoms with E-state index in [1.54, 1.807) is 35.9 Å². The zero-order chi connectivity index (χ0) is 12.4. The van der Waals surface area contributed by atoms with Crippen LogP contribution in [0.2, 0.25) is 0 Å². The van der Waals surface area contributed by atoms with Crippen molar-refractivity contribution in [1.29, 1.82) is 0 Å². The molecule has 0 spiro atoms. The molecule has 0 amide bonds. The fourth-order valence-corrected chi connectivity index (χ4v) is 2.76. The molecule has 3 rings (SSSR count). The Hall–Kier alpha value is -2.07. The molecule has 18 heavy (non-hydrogen) atoms. The molecule has 1 aromatic carbocycles. The Labute approximate surface area is 108 Å². The second-order valence-corrected chi connectivity index (χ2v) is 4.83. The number of hydrogen-bond acceptors (Lipinski definition) is 4. The van der Waals surface area contributed by atoms with Crippen LogP contribution in [0.25, 0.3) is 10.1 Å². The van der Waals surface area contributed by atoms with Gasteiger partial charge in [-0.1, -0.05) is 0 Å². The number of aromatic hydroxyl groups is 1. The molecule has 0 fully saturated rings. The van der Waals surface area contributed by atoms with Crippen LogP contribution in [0.5, 0.6) is 11.5 Å². The van der Waals surface area contributed by atoms with Gasteiger partial charge >= 0.3 is 0 Å². The maximum atomic E-state index is 9.41. The number of phenolic OH excluding ortho intramolecular Hbond substituents is 1. The molecule has 0 aliphatic heterocycles. The predicted octanol–water partition coefficient (Wildman–Crippen LogP) is 3.58. The maximum absolute atomic E-state index is 9.41. The number of fused-ring (bicyclic) bond motifs is 1. The fourth-order valence-electron chi connectivity index (χ4n) is 1.78. The molecule has 0 saturated heterocycles. The highest BCUT2D eigenvalue weighted by Gasteiger charge is 2.05. The molecule has 3 aromatic rings. The van der Waals surface area contributed by atoms with E-state index in [-0.39, 0.29) is 0 Å². The summed E-state index contributed by atoms with van der Waals surface area (Å²) in [6.07, 6.45) is 3.41. The van der Waals surface area contributed by atoms with Gasteiger partial charge in [-0.15, -0.1) is 11.3 Å². The number of ether oxygens (including phenoxy) is 1. The summed E-state index contributed by atoms with van der Waals surface area (Å²) in [5.41, 5.74) is 1.12. The maximum Gasteiger partial charge on any atom is 0.138 e. The number of hydrogen-bond donors (Lipinski definition) is 1. The monoisotopic (exact) mass is 257 g/mol. The van der Waals surface area contributed by atoms with Crippen molar-refractivity contribution in [1.82, 2.24) is 4.98 Å². The smallest absolute Gasteiger partial charge is 0.138 e. The Balaban J connectivity index is 1.83. The highest BCUT2D eigenvalue weighted by atomic mass is 32.1. The van der Waals surface area contributed by atoms with Gasteiger partial charge in [-0.3, -0.25) is 4.98 Å². The number of benzene rings is 1. The molecule has 0 bridgehead atoms. The summed E-state index contributed by atoms with van der Waals surface area (Å²) in [5.74, 6) is 1.06. The second kappa shape index (κ2) is 4.66. The zero-order valence-corrected chi connectivity index (χ0v) is 10.4. The molecule has 2 aromatic heterocycles.